The molecular formula is C20H25N3O2S. The summed E-state index contributed by atoms with van der Waals surface area (Å²) in [6.07, 6.45) is 0.805. The van der Waals surface area contributed by atoms with Gasteiger partial charge in [-0.05, 0) is 12.0 Å². The first-order chi connectivity index (χ1) is 12.3. The van der Waals surface area contributed by atoms with Gasteiger partial charge in [0.05, 0.1) is 11.6 Å². The van der Waals surface area contributed by atoms with E-state index in [0.29, 0.717) is 18.8 Å². The Labute approximate surface area is 158 Å². The van der Waals surface area contributed by atoms with Crippen molar-refractivity contribution in [2.24, 2.45) is 5.92 Å². The Bertz CT molecular complexity index is 840. The highest BCUT2D eigenvalue weighted by Gasteiger charge is 2.28. The lowest BCUT2D eigenvalue weighted by Gasteiger charge is -2.26. The van der Waals surface area contributed by atoms with E-state index >= 15 is 0 Å². The topological polar surface area (TPSA) is 64.0 Å². The molecule has 26 heavy (non-hydrogen) atoms. The maximum Gasteiger partial charge on any atom is 0.254 e. The number of thioether (sulfide) groups is 1. The summed E-state index contributed by atoms with van der Waals surface area (Å²) >= 11 is 1.49. The van der Waals surface area contributed by atoms with Crippen LogP contribution in [-0.4, -0.2) is 27.8 Å². The highest BCUT2D eigenvalue weighted by molar-refractivity contribution is 7.99. The van der Waals surface area contributed by atoms with Crippen molar-refractivity contribution in [3.63, 3.8) is 0 Å². The van der Waals surface area contributed by atoms with Crippen LogP contribution >= 0.6 is 11.8 Å². The van der Waals surface area contributed by atoms with Crippen molar-refractivity contribution >= 4 is 17.7 Å². The van der Waals surface area contributed by atoms with Crippen molar-refractivity contribution in [2.45, 2.75) is 44.3 Å². The molecular weight excluding hydrogens is 346 g/mol. The molecule has 1 atom stereocenters. The molecule has 5 nitrogen and oxygen atoms in total. The molecule has 1 aromatic carbocycles. The minimum Gasteiger partial charge on any atom is -0.355 e. The van der Waals surface area contributed by atoms with E-state index in [9.17, 15) is 9.59 Å². The van der Waals surface area contributed by atoms with Gasteiger partial charge < -0.3 is 5.32 Å². The van der Waals surface area contributed by atoms with Crippen LogP contribution in [0.4, 0.5) is 0 Å². The van der Waals surface area contributed by atoms with Gasteiger partial charge >= 0.3 is 0 Å². The van der Waals surface area contributed by atoms with E-state index in [1.807, 2.05) is 39.0 Å². The largest absolute Gasteiger partial charge is 0.355 e. The van der Waals surface area contributed by atoms with Gasteiger partial charge in [-0.2, -0.15) is 0 Å². The predicted molar refractivity (Wildman–Crippen MR) is 105 cm³/mol. The molecule has 0 fully saturated rings. The second-order valence-corrected chi connectivity index (χ2v) is 8.64. The predicted octanol–water partition coefficient (Wildman–Crippen LogP) is 2.62. The lowest BCUT2D eigenvalue weighted by molar-refractivity contribution is -0.124. The summed E-state index contributed by atoms with van der Waals surface area (Å²) in [6, 6.07) is 11.7. The minimum absolute atomic E-state index is 0.00544. The third-order valence-corrected chi connectivity index (χ3v) is 5.62. The highest BCUT2D eigenvalue weighted by Crippen LogP contribution is 2.27. The number of aromatic nitrogens is 2. The number of amides is 1. The number of carbonyl (C=O) groups is 1. The van der Waals surface area contributed by atoms with Gasteiger partial charge in [0.25, 0.3) is 5.56 Å². The molecule has 0 spiro atoms. The van der Waals surface area contributed by atoms with Crippen molar-refractivity contribution in [3.05, 3.63) is 58.0 Å². The molecule has 1 aromatic heterocycles. The van der Waals surface area contributed by atoms with Gasteiger partial charge in [0.15, 0.2) is 5.16 Å². The van der Waals surface area contributed by atoms with Crippen LogP contribution in [0.5, 0.6) is 0 Å². The summed E-state index contributed by atoms with van der Waals surface area (Å²) < 4.78 is 1.63. The number of nitrogens with zero attached hydrogens (tertiary/aromatic N) is 2. The lowest BCUT2D eigenvalue weighted by atomic mass is 9.92. The maximum atomic E-state index is 12.5. The van der Waals surface area contributed by atoms with Gasteiger partial charge in [-0.25, -0.2) is 4.98 Å². The molecule has 1 aliphatic rings. The molecule has 1 aliphatic heterocycles. The highest BCUT2D eigenvalue weighted by atomic mass is 32.2. The second kappa shape index (κ2) is 7.66. The molecule has 0 saturated heterocycles. The van der Waals surface area contributed by atoms with Crippen molar-refractivity contribution in [1.82, 2.24) is 14.9 Å². The molecule has 1 amide bonds. The van der Waals surface area contributed by atoms with Gasteiger partial charge in [-0.15, -0.1) is 0 Å². The SMILES string of the molecule is CC(C)(C)c1cc(=O)n2c(n1)SCC(C(=O)NCCc1ccccc1)C2. The molecule has 2 aromatic rings. The minimum atomic E-state index is -0.205. The summed E-state index contributed by atoms with van der Waals surface area (Å²) in [5, 5.41) is 3.72. The van der Waals surface area contributed by atoms with Crippen LogP contribution in [0.3, 0.4) is 0 Å². The summed E-state index contributed by atoms with van der Waals surface area (Å²) in [4.78, 5) is 29.6. The normalized spacial score (nSPS) is 16.8. The maximum absolute atomic E-state index is 12.5. The first-order valence-electron chi connectivity index (χ1n) is 8.91. The molecule has 2 heterocycles. The Balaban J connectivity index is 1.63. The smallest absolute Gasteiger partial charge is 0.254 e. The Hall–Kier alpha value is -2.08. The zero-order valence-electron chi connectivity index (χ0n) is 15.5. The number of hydrogen-bond donors (Lipinski definition) is 1. The Morgan fingerprint density at radius 3 is 2.73 bits per heavy atom. The first-order valence-corrected chi connectivity index (χ1v) is 9.90. The van der Waals surface area contributed by atoms with Crippen LogP contribution < -0.4 is 10.9 Å². The fourth-order valence-corrected chi connectivity index (χ4v) is 3.96. The van der Waals surface area contributed by atoms with Gasteiger partial charge in [-0.3, -0.25) is 14.2 Å². The Kier molecular flexibility index (Phi) is 5.51. The van der Waals surface area contributed by atoms with E-state index in [0.717, 1.165) is 17.3 Å². The van der Waals surface area contributed by atoms with Crippen LogP contribution in [0.2, 0.25) is 0 Å². The van der Waals surface area contributed by atoms with Crippen molar-refractivity contribution in [1.29, 1.82) is 0 Å². The molecule has 0 aliphatic carbocycles. The van der Waals surface area contributed by atoms with E-state index in [-0.39, 0.29) is 22.8 Å². The fourth-order valence-electron chi connectivity index (χ4n) is 2.87. The average Bonchev–Trinajstić information content (AvgIpc) is 2.61. The summed E-state index contributed by atoms with van der Waals surface area (Å²) in [7, 11) is 0. The molecule has 0 radical (unpaired) electrons. The van der Waals surface area contributed by atoms with Crippen LogP contribution in [0.25, 0.3) is 0 Å². The van der Waals surface area contributed by atoms with Crippen molar-refractivity contribution < 1.29 is 4.79 Å². The summed E-state index contributed by atoms with van der Waals surface area (Å²) in [5.41, 5.74) is 1.76. The molecule has 0 bridgehead atoms. The second-order valence-electron chi connectivity index (χ2n) is 7.66. The number of rotatable bonds is 4. The lowest BCUT2D eigenvalue weighted by Crippen LogP contribution is -2.41. The fraction of sp³-hybridized carbons (Fsp3) is 0.450. The average molecular weight is 372 g/mol. The number of carbonyl (C=O) groups excluding carboxylic acids is 1. The monoisotopic (exact) mass is 371 g/mol. The molecule has 3 rings (SSSR count). The molecule has 138 valence electrons. The molecule has 1 unspecified atom stereocenters. The summed E-state index contributed by atoms with van der Waals surface area (Å²) in [6.45, 7) is 7.13. The van der Waals surface area contributed by atoms with Crippen LogP contribution in [0.15, 0.2) is 46.3 Å². The molecule has 0 saturated carbocycles. The Morgan fingerprint density at radius 2 is 2.04 bits per heavy atom. The van der Waals surface area contributed by atoms with Crippen LogP contribution in [0, 0.1) is 5.92 Å². The third-order valence-electron chi connectivity index (χ3n) is 4.48. The van der Waals surface area contributed by atoms with E-state index < -0.39 is 0 Å². The zero-order valence-corrected chi connectivity index (χ0v) is 16.3. The number of hydrogen-bond acceptors (Lipinski definition) is 4. The van der Waals surface area contributed by atoms with Gasteiger partial charge in [0.1, 0.15) is 0 Å². The number of nitrogens with one attached hydrogen (secondary N) is 1. The van der Waals surface area contributed by atoms with E-state index in [1.54, 1.807) is 10.6 Å². The van der Waals surface area contributed by atoms with E-state index in [2.05, 4.69) is 22.4 Å². The van der Waals surface area contributed by atoms with Gasteiger partial charge in [0.2, 0.25) is 5.91 Å². The number of benzene rings is 1. The van der Waals surface area contributed by atoms with Gasteiger partial charge in [-0.1, -0.05) is 62.9 Å². The van der Waals surface area contributed by atoms with Gasteiger partial charge in [0, 0.05) is 30.3 Å². The Morgan fingerprint density at radius 1 is 1.31 bits per heavy atom. The van der Waals surface area contributed by atoms with Crippen LogP contribution in [0.1, 0.15) is 32.0 Å². The standard InChI is InChI=1S/C20H25N3O2S/c1-20(2,3)16-11-17(24)23-12-15(13-26-19(23)22-16)18(25)21-10-9-14-7-5-4-6-8-14/h4-8,11,15H,9-10,12-13H2,1-3H3,(H,21,25). The molecule has 1 N–H and O–H groups in total. The van der Waals surface area contributed by atoms with E-state index in [4.69, 9.17) is 0 Å². The molecule has 6 heteroatoms. The van der Waals surface area contributed by atoms with E-state index in [1.165, 1.54) is 17.3 Å². The zero-order chi connectivity index (χ0) is 18.7. The quantitative estimate of drug-likeness (QED) is 0.839. The first kappa shape index (κ1) is 18.7. The van der Waals surface area contributed by atoms with Crippen LogP contribution in [-0.2, 0) is 23.2 Å². The summed E-state index contributed by atoms with van der Waals surface area (Å²) in [5.74, 6) is 0.450. The van der Waals surface area contributed by atoms with Crippen molar-refractivity contribution in [3.8, 4) is 0 Å². The third kappa shape index (κ3) is 4.36. The van der Waals surface area contributed by atoms with Crippen molar-refractivity contribution in [2.75, 3.05) is 12.3 Å². The number of fused-ring (bicyclic) bond motifs is 1.